The molecule has 4 aliphatic rings. The number of carbonyl (C=O) groups excluding carboxylic acids is 1. The monoisotopic (exact) mass is 306 g/mol. The molecule has 1 aromatic rings. The van der Waals surface area contributed by atoms with Crippen LogP contribution in [0.2, 0.25) is 5.02 Å². The van der Waals surface area contributed by atoms with Gasteiger partial charge in [0.1, 0.15) is 5.82 Å². The van der Waals surface area contributed by atoms with Crippen molar-refractivity contribution in [1.82, 2.24) is 0 Å². The highest BCUT2D eigenvalue weighted by molar-refractivity contribution is 6.30. The van der Waals surface area contributed by atoms with E-state index in [1.807, 2.05) is 0 Å². The third kappa shape index (κ3) is 2.42. The molecule has 0 N–H and O–H groups in total. The Bertz CT molecular complexity index is 560. The fraction of sp³-hybridized carbons (Fsp3) is 0.611. The molecule has 0 spiro atoms. The van der Waals surface area contributed by atoms with Gasteiger partial charge in [-0.1, -0.05) is 11.6 Å². The van der Waals surface area contributed by atoms with E-state index in [1.165, 1.54) is 44.6 Å². The van der Waals surface area contributed by atoms with Crippen molar-refractivity contribution in [2.24, 2.45) is 23.2 Å². The maximum absolute atomic E-state index is 14.0. The van der Waals surface area contributed by atoms with E-state index in [1.54, 1.807) is 12.1 Å². The summed E-state index contributed by atoms with van der Waals surface area (Å²) in [5.41, 5.74) is 0.382. The third-order valence-corrected chi connectivity index (χ3v) is 6.17. The Labute approximate surface area is 129 Å². The number of benzene rings is 1. The third-order valence-electron chi connectivity index (χ3n) is 5.93. The van der Waals surface area contributed by atoms with Crippen molar-refractivity contribution in [3.05, 3.63) is 34.6 Å². The van der Waals surface area contributed by atoms with Crippen LogP contribution in [-0.4, -0.2) is 5.78 Å². The fourth-order valence-corrected chi connectivity index (χ4v) is 5.82. The van der Waals surface area contributed by atoms with Gasteiger partial charge in [-0.25, -0.2) is 4.39 Å². The fourth-order valence-electron chi connectivity index (χ4n) is 5.66. The van der Waals surface area contributed by atoms with Crippen molar-refractivity contribution in [3.63, 3.8) is 0 Å². The summed E-state index contributed by atoms with van der Waals surface area (Å²) in [6, 6.07) is 4.40. The molecule has 4 fully saturated rings. The van der Waals surface area contributed by atoms with E-state index < -0.39 is 5.82 Å². The first-order valence-electron chi connectivity index (χ1n) is 8.01. The minimum atomic E-state index is -0.475. The SMILES string of the molecule is O=C(CC12CC3CC(CC(C3)C1)C2)c1ccc(Cl)cc1F. The van der Waals surface area contributed by atoms with Gasteiger partial charge in [-0.05, 0) is 79.9 Å². The highest BCUT2D eigenvalue weighted by atomic mass is 35.5. The lowest BCUT2D eigenvalue weighted by molar-refractivity contribution is -0.0524. The van der Waals surface area contributed by atoms with Gasteiger partial charge in [-0.3, -0.25) is 4.79 Å². The summed E-state index contributed by atoms with van der Waals surface area (Å²) in [7, 11) is 0. The Kier molecular flexibility index (Phi) is 3.15. The number of Topliss-reactive ketones (excluding diaryl/α,β-unsaturated/α-hetero) is 1. The Morgan fingerprint density at radius 3 is 2.24 bits per heavy atom. The van der Waals surface area contributed by atoms with Crippen LogP contribution in [0.15, 0.2) is 18.2 Å². The van der Waals surface area contributed by atoms with Crippen molar-refractivity contribution >= 4 is 17.4 Å². The summed E-state index contributed by atoms with van der Waals surface area (Å²) in [5, 5.41) is 0.346. The second-order valence-corrected chi connectivity index (χ2v) is 8.08. The summed E-state index contributed by atoms with van der Waals surface area (Å²) in [5.74, 6) is 1.95. The summed E-state index contributed by atoms with van der Waals surface area (Å²) in [6.45, 7) is 0. The first-order valence-corrected chi connectivity index (χ1v) is 8.39. The van der Waals surface area contributed by atoms with E-state index in [-0.39, 0.29) is 16.8 Å². The van der Waals surface area contributed by atoms with E-state index in [4.69, 9.17) is 11.6 Å². The number of hydrogen-bond acceptors (Lipinski definition) is 1. The van der Waals surface area contributed by atoms with Gasteiger partial charge >= 0.3 is 0 Å². The van der Waals surface area contributed by atoms with Gasteiger partial charge in [0.2, 0.25) is 0 Å². The molecule has 5 rings (SSSR count). The zero-order valence-corrected chi connectivity index (χ0v) is 12.8. The Morgan fingerprint density at radius 1 is 1.14 bits per heavy atom. The Hall–Kier alpha value is -0.890. The lowest BCUT2D eigenvalue weighted by atomic mass is 9.48. The highest BCUT2D eigenvalue weighted by Crippen LogP contribution is 2.61. The van der Waals surface area contributed by atoms with Crippen molar-refractivity contribution < 1.29 is 9.18 Å². The molecule has 21 heavy (non-hydrogen) atoms. The number of rotatable bonds is 3. The van der Waals surface area contributed by atoms with Gasteiger partial charge in [-0.15, -0.1) is 0 Å². The quantitative estimate of drug-likeness (QED) is 0.695. The molecule has 1 nitrogen and oxygen atoms in total. The van der Waals surface area contributed by atoms with Crippen molar-refractivity contribution in [2.45, 2.75) is 44.9 Å². The van der Waals surface area contributed by atoms with Crippen LogP contribution in [0, 0.1) is 29.0 Å². The van der Waals surface area contributed by atoms with Crippen molar-refractivity contribution in [1.29, 1.82) is 0 Å². The highest BCUT2D eigenvalue weighted by Gasteiger charge is 2.51. The topological polar surface area (TPSA) is 17.1 Å². The molecule has 3 heteroatoms. The van der Waals surface area contributed by atoms with E-state index in [2.05, 4.69) is 0 Å². The normalized spacial score (nSPS) is 37.0. The lowest BCUT2D eigenvalue weighted by Gasteiger charge is -2.56. The van der Waals surface area contributed by atoms with Crippen molar-refractivity contribution in [2.75, 3.05) is 0 Å². The van der Waals surface area contributed by atoms with Crippen LogP contribution in [0.4, 0.5) is 4.39 Å². The summed E-state index contributed by atoms with van der Waals surface area (Å²) in [6.07, 6.45) is 8.16. The Morgan fingerprint density at radius 2 is 1.71 bits per heavy atom. The maximum atomic E-state index is 14.0. The van der Waals surface area contributed by atoms with Gasteiger partial charge < -0.3 is 0 Å². The first kappa shape index (κ1) is 13.8. The standard InChI is InChI=1S/C18H20ClFO/c19-14-1-2-15(16(20)6-14)17(21)10-18-7-11-3-12(8-18)5-13(4-11)9-18/h1-2,6,11-13H,3-5,7-10H2. The van der Waals surface area contributed by atoms with Crippen LogP contribution >= 0.6 is 11.6 Å². The molecule has 0 heterocycles. The predicted octanol–water partition coefficient (Wildman–Crippen LogP) is 5.27. The van der Waals surface area contributed by atoms with E-state index in [0.29, 0.717) is 11.4 Å². The molecular weight excluding hydrogens is 287 g/mol. The molecule has 0 atom stereocenters. The summed E-state index contributed by atoms with van der Waals surface area (Å²) in [4.78, 5) is 12.6. The number of halogens is 2. The van der Waals surface area contributed by atoms with Crippen LogP contribution < -0.4 is 0 Å². The first-order chi connectivity index (χ1) is 10.0. The van der Waals surface area contributed by atoms with Crippen molar-refractivity contribution in [3.8, 4) is 0 Å². The largest absolute Gasteiger partial charge is 0.294 e. The molecule has 4 saturated carbocycles. The number of ketones is 1. The molecule has 0 saturated heterocycles. The van der Waals surface area contributed by atoms with Crippen LogP contribution in [0.3, 0.4) is 0 Å². The minimum absolute atomic E-state index is 0.0360. The zero-order chi connectivity index (χ0) is 14.6. The van der Waals surface area contributed by atoms with E-state index in [9.17, 15) is 9.18 Å². The lowest BCUT2D eigenvalue weighted by Crippen LogP contribution is -2.46. The van der Waals surface area contributed by atoms with Gasteiger partial charge in [0, 0.05) is 11.4 Å². The molecular formula is C18H20ClFO. The average Bonchev–Trinajstić information content (AvgIpc) is 2.35. The second-order valence-electron chi connectivity index (χ2n) is 7.64. The molecule has 0 unspecified atom stereocenters. The smallest absolute Gasteiger partial charge is 0.166 e. The van der Waals surface area contributed by atoms with Crippen LogP contribution in [0.1, 0.15) is 55.3 Å². The molecule has 0 radical (unpaired) electrons. The molecule has 4 bridgehead atoms. The summed E-state index contributed by atoms with van der Waals surface area (Å²) >= 11 is 5.77. The molecule has 1 aromatic carbocycles. The van der Waals surface area contributed by atoms with Gasteiger partial charge in [0.15, 0.2) is 5.78 Å². The van der Waals surface area contributed by atoms with E-state index in [0.717, 1.165) is 17.8 Å². The number of hydrogen-bond donors (Lipinski definition) is 0. The predicted molar refractivity (Wildman–Crippen MR) is 81.0 cm³/mol. The summed E-state index contributed by atoms with van der Waals surface area (Å²) < 4.78 is 14.0. The molecule has 112 valence electrons. The van der Waals surface area contributed by atoms with Gasteiger partial charge in [0.05, 0.1) is 5.56 Å². The second kappa shape index (κ2) is 4.81. The maximum Gasteiger partial charge on any atom is 0.166 e. The van der Waals surface area contributed by atoms with Crippen LogP contribution in [0.25, 0.3) is 0 Å². The number of carbonyl (C=O) groups is 1. The van der Waals surface area contributed by atoms with Crippen LogP contribution in [-0.2, 0) is 0 Å². The Balaban J connectivity index is 1.57. The molecule has 0 aliphatic heterocycles. The van der Waals surface area contributed by atoms with Gasteiger partial charge in [0.25, 0.3) is 0 Å². The van der Waals surface area contributed by atoms with Gasteiger partial charge in [-0.2, -0.15) is 0 Å². The van der Waals surface area contributed by atoms with Crippen LogP contribution in [0.5, 0.6) is 0 Å². The molecule has 0 aromatic heterocycles. The van der Waals surface area contributed by atoms with E-state index >= 15 is 0 Å². The molecule has 4 aliphatic carbocycles. The average molecular weight is 307 g/mol. The minimum Gasteiger partial charge on any atom is -0.294 e. The molecule has 0 amide bonds. The zero-order valence-electron chi connectivity index (χ0n) is 12.1.